The third kappa shape index (κ3) is 3.84. The summed E-state index contributed by atoms with van der Waals surface area (Å²) in [7, 11) is 0. The Labute approximate surface area is 35.3 Å². The van der Waals surface area contributed by atoms with Gasteiger partial charge in [0, 0.05) is 0 Å². The summed E-state index contributed by atoms with van der Waals surface area (Å²) in [6.07, 6.45) is 0. The normalized spacial score (nSPS) is 12.0. The van der Waals surface area contributed by atoms with E-state index in [1.807, 2.05) is 0 Å². The van der Waals surface area contributed by atoms with E-state index in [9.17, 15) is 15.6 Å². The largest absolute Gasteiger partial charge is 0.630 e. The Bertz CT molecular complexity index is 38.5. The van der Waals surface area contributed by atoms with Gasteiger partial charge in [0.2, 0.25) is 0 Å². The predicted molar refractivity (Wildman–Crippen MR) is 20.9 cm³/mol. The minimum atomic E-state index is -2.68. The van der Waals surface area contributed by atoms with Crippen molar-refractivity contribution in [2.45, 2.75) is 6.92 Å². The van der Waals surface area contributed by atoms with Gasteiger partial charge >= 0.3 is 0 Å². The third-order valence-corrected chi connectivity index (χ3v) is 0.387. The lowest BCUT2D eigenvalue weighted by Gasteiger charge is -2.50. The molecule has 0 aromatic carbocycles. The first kappa shape index (κ1) is 5.84. The van der Waals surface area contributed by atoms with Crippen molar-refractivity contribution >= 4 is 0 Å². The highest BCUT2D eigenvalue weighted by Gasteiger charge is 1.74. The average Bonchev–Trinajstić information content (AvgIpc) is 1.35. The van der Waals surface area contributed by atoms with Crippen LogP contribution in [0.15, 0.2) is 0 Å². The molecule has 0 N–H and O–H groups in total. The van der Waals surface area contributed by atoms with E-state index in [0.717, 1.165) is 0 Å². The Kier molecular flexibility index (Phi) is 1.48. The van der Waals surface area contributed by atoms with Crippen LogP contribution in [0.25, 0.3) is 0 Å². The van der Waals surface area contributed by atoms with E-state index in [-0.39, 0.29) is 0 Å². The van der Waals surface area contributed by atoms with Crippen LogP contribution < -0.4 is 0 Å². The van der Waals surface area contributed by atoms with E-state index in [0.29, 0.717) is 0 Å². The van der Waals surface area contributed by atoms with Gasteiger partial charge in [-0.1, -0.05) is 0 Å². The minimum absolute atomic E-state index is 0.458. The Morgan fingerprint density at radius 3 is 1.50 bits per heavy atom. The minimum Gasteiger partial charge on any atom is -0.630 e. The van der Waals surface area contributed by atoms with Gasteiger partial charge in [-0.25, -0.2) is 0 Å². The number of rotatable bonds is 1. The summed E-state index contributed by atoms with van der Waals surface area (Å²) in [5, 5.41) is 27.9. The van der Waals surface area contributed by atoms with Crippen LogP contribution >= 0.6 is 0 Å². The van der Waals surface area contributed by atoms with Gasteiger partial charge in [-0.2, -0.15) is 0 Å². The highest BCUT2D eigenvalue weighted by atomic mass is 17.1. The van der Waals surface area contributed by atoms with Gasteiger partial charge in [0.15, 0.2) is 0 Å². The molecule has 0 fully saturated rings. The van der Waals surface area contributed by atoms with Gasteiger partial charge < -0.3 is 20.6 Å². The molecule has 38 valence electrons. The number of hydrogen-bond acceptors (Lipinski definition) is 3. The Balaban J connectivity index is 3.17. The monoisotopic (exact) mass is 91.0 g/mol. The van der Waals surface area contributed by atoms with Crippen molar-refractivity contribution in [1.82, 2.24) is 0 Å². The summed E-state index contributed by atoms with van der Waals surface area (Å²) in [6.45, 7) is 0.785. The molecule has 0 spiro atoms. The van der Waals surface area contributed by atoms with Crippen LogP contribution in [-0.2, 0) is 0 Å². The Morgan fingerprint density at radius 1 is 1.33 bits per heavy atom. The average molecular weight is 91.1 g/mol. The zero-order valence-corrected chi connectivity index (χ0v) is 3.38. The molecule has 0 rings (SSSR count). The maximum atomic E-state index is 9.30. The molecule has 0 aliphatic carbocycles. The zero-order valence-electron chi connectivity index (χ0n) is 3.38. The molecule has 0 amide bonds. The molecule has 0 bridgehead atoms. The summed E-state index contributed by atoms with van der Waals surface area (Å²) in [6, 6.07) is 0. The van der Waals surface area contributed by atoms with E-state index in [1.165, 1.54) is 6.92 Å². The van der Waals surface area contributed by atoms with Crippen molar-refractivity contribution in [3.05, 3.63) is 15.6 Å². The molecule has 0 heterocycles. The Morgan fingerprint density at radius 2 is 1.50 bits per heavy atom. The molecule has 0 aromatic heterocycles. The van der Waals surface area contributed by atoms with Crippen molar-refractivity contribution < 1.29 is 4.97 Å². The maximum absolute atomic E-state index is 9.30. The molecule has 0 aliphatic heterocycles. The molecule has 0 aliphatic rings. The lowest BCUT2D eigenvalue weighted by atomic mass is 10.8. The number of nitrogens with zero attached hydrogens (tertiary/aromatic N) is 1. The summed E-state index contributed by atoms with van der Waals surface area (Å²) in [5.74, 6) is 0. The van der Waals surface area contributed by atoms with Crippen LogP contribution in [0.5, 0.6) is 0 Å². The second-order valence-electron chi connectivity index (χ2n) is 0.927. The smallest absolute Gasteiger partial charge is 0.0750 e. The van der Waals surface area contributed by atoms with E-state index in [2.05, 4.69) is 0 Å². The molecule has 0 unspecified atom stereocenters. The van der Waals surface area contributed by atoms with Gasteiger partial charge in [0.05, 0.1) is 6.54 Å². The van der Waals surface area contributed by atoms with Crippen molar-refractivity contribution in [2.75, 3.05) is 6.54 Å². The van der Waals surface area contributed by atoms with Crippen molar-refractivity contribution in [1.29, 1.82) is 0 Å². The van der Waals surface area contributed by atoms with Gasteiger partial charge in [-0.3, -0.25) is 0 Å². The molecule has 0 aromatic rings. The number of quaternary nitrogens is 1. The first-order valence-electron chi connectivity index (χ1n) is 1.57. The molecule has 4 nitrogen and oxygen atoms in total. The lowest BCUT2D eigenvalue weighted by Crippen LogP contribution is -2.26. The van der Waals surface area contributed by atoms with Crippen LogP contribution in [0.2, 0.25) is 0 Å². The van der Waals surface area contributed by atoms with Gasteiger partial charge in [0.25, 0.3) is 0 Å². The Hall–Kier alpha value is -0.160. The fourth-order valence-corrected chi connectivity index (χ4v) is 0. The molecule has 4 heteroatoms. The fraction of sp³-hybridized carbons (Fsp3) is 1.00. The summed E-state index contributed by atoms with van der Waals surface area (Å²) in [5.41, 5.74) is 0. The number of hydrogen-bond donors (Lipinski definition) is 0. The second-order valence-corrected chi connectivity index (χ2v) is 0.927. The highest BCUT2D eigenvalue weighted by Crippen LogP contribution is 1.91. The number of hydroxylamine groups is 3. The summed E-state index contributed by atoms with van der Waals surface area (Å²) in [4.78, 5) is -2.68. The van der Waals surface area contributed by atoms with Crippen LogP contribution in [0.1, 0.15) is 6.92 Å². The van der Waals surface area contributed by atoms with E-state index < -0.39 is 11.5 Å². The van der Waals surface area contributed by atoms with Crippen molar-refractivity contribution in [3.8, 4) is 0 Å². The molecule has 0 saturated carbocycles. The van der Waals surface area contributed by atoms with Gasteiger partial charge in [-0.15, -0.1) is 0 Å². The van der Waals surface area contributed by atoms with Gasteiger partial charge in [-0.05, 0) is 6.92 Å². The van der Waals surface area contributed by atoms with Crippen LogP contribution in [0.3, 0.4) is 0 Å². The van der Waals surface area contributed by atoms with E-state index >= 15 is 0 Å². The lowest BCUT2D eigenvalue weighted by molar-refractivity contribution is -0.774. The maximum Gasteiger partial charge on any atom is 0.0750 e. The van der Waals surface area contributed by atoms with E-state index in [1.54, 1.807) is 0 Å². The van der Waals surface area contributed by atoms with Crippen molar-refractivity contribution in [2.24, 2.45) is 0 Å². The van der Waals surface area contributed by atoms with Crippen molar-refractivity contribution in [3.63, 3.8) is 0 Å². The molecule has 0 radical (unpaired) electrons. The highest BCUT2D eigenvalue weighted by molar-refractivity contribution is 4.34. The topological polar surface area (TPSA) is 69.2 Å². The standard InChI is InChI=1S/C2H5NO3/c1-2-3(4,5)6/h2H2,1H3/q-2. The second kappa shape index (κ2) is 1.53. The zero-order chi connectivity index (χ0) is 5.21. The van der Waals surface area contributed by atoms with Crippen LogP contribution in [0.4, 0.5) is 0 Å². The van der Waals surface area contributed by atoms with Crippen LogP contribution in [-0.4, -0.2) is 11.5 Å². The summed E-state index contributed by atoms with van der Waals surface area (Å²) < 4.78 is 0. The molecule has 6 heavy (non-hydrogen) atoms. The quantitative estimate of drug-likeness (QED) is 0.344. The molecular weight excluding hydrogens is 86.0 g/mol. The van der Waals surface area contributed by atoms with Crippen LogP contribution in [0, 0.1) is 15.6 Å². The first-order chi connectivity index (χ1) is 2.56. The molecule has 0 saturated heterocycles. The first-order valence-corrected chi connectivity index (χ1v) is 1.57. The summed E-state index contributed by atoms with van der Waals surface area (Å²) >= 11 is 0. The SMILES string of the molecule is CC[N+]([O-])([O-])[O-]. The van der Waals surface area contributed by atoms with E-state index in [4.69, 9.17) is 0 Å². The van der Waals surface area contributed by atoms with Gasteiger partial charge in [0.1, 0.15) is 0 Å². The molecular formula is C2H5NO3-2. The third-order valence-electron chi connectivity index (χ3n) is 0.387. The fourth-order valence-electron chi connectivity index (χ4n) is 0. The predicted octanol–water partition coefficient (Wildman–Crippen LogP) is 0.316. The molecule has 0 atom stereocenters.